The van der Waals surface area contributed by atoms with Gasteiger partial charge in [-0.2, -0.15) is 23.5 Å². The molecule has 0 aromatic rings. The highest BCUT2D eigenvalue weighted by molar-refractivity contribution is 7.99. The Balaban J connectivity index is 1.78. The SMILES string of the molecule is O=C(OC(=O)C1CSCCN1)C1CSCCN1. The first-order valence-corrected chi connectivity index (χ1v) is 7.96. The highest BCUT2D eigenvalue weighted by Crippen LogP contribution is 2.11. The minimum absolute atomic E-state index is 0.339. The number of hydrogen-bond acceptors (Lipinski definition) is 7. The van der Waals surface area contributed by atoms with E-state index in [2.05, 4.69) is 10.6 Å². The van der Waals surface area contributed by atoms with Crippen molar-refractivity contribution in [2.24, 2.45) is 0 Å². The van der Waals surface area contributed by atoms with Crippen molar-refractivity contribution >= 4 is 35.5 Å². The lowest BCUT2D eigenvalue weighted by molar-refractivity contribution is -0.162. The fourth-order valence-electron chi connectivity index (χ4n) is 1.68. The molecular weight excluding hydrogens is 260 g/mol. The molecule has 5 nitrogen and oxygen atoms in total. The average molecular weight is 276 g/mol. The largest absolute Gasteiger partial charge is 0.391 e. The van der Waals surface area contributed by atoms with Gasteiger partial charge in [-0.3, -0.25) is 0 Å². The lowest BCUT2D eigenvalue weighted by atomic mass is 10.3. The van der Waals surface area contributed by atoms with Crippen molar-refractivity contribution in [3.8, 4) is 0 Å². The number of esters is 2. The summed E-state index contributed by atoms with van der Waals surface area (Å²) in [5, 5.41) is 6.11. The molecule has 17 heavy (non-hydrogen) atoms. The van der Waals surface area contributed by atoms with Crippen LogP contribution in [-0.2, 0) is 14.3 Å². The minimum Gasteiger partial charge on any atom is -0.391 e. The van der Waals surface area contributed by atoms with Gasteiger partial charge in [0.1, 0.15) is 12.1 Å². The molecule has 2 rings (SSSR count). The van der Waals surface area contributed by atoms with Crippen LogP contribution in [0.25, 0.3) is 0 Å². The standard InChI is InChI=1S/C10H16N2O3S2/c13-9(7-5-16-3-1-11-7)15-10(14)8-6-17-4-2-12-8/h7-8,11-12H,1-6H2. The highest BCUT2D eigenvalue weighted by Gasteiger charge is 2.29. The molecule has 2 fully saturated rings. The van der Waals surface area contributed by atoms with Gasteiger partial charge < -0.3 is 15.4 Å². The van der Waals surface area contributed by atoms with E-state index in [0.29, 0.717) is 11.5 Å². The smallest absolute Gasteiger partial charge is 0.331 e. The summed E-state index contributed by atoms with van der Waals surface area (Å²) in [6.07, 6.45) is 0. The van der Waals surface area contributed by atoms with E-state index >= 15 is 0 Å². The normalized spacial score (nSPS) is 29.6. The molecular formula is C10H16N2O3S2. The second-order valence-corrected chi connectivity index (χ2v) is 6.20. The summed E-state index contributed by atoms with van der Waals surface area (Å²) in [5.41, 5.74) is 0. The summed E-state index contributed by atoms with van der Waals surface area (Å²) >= 11 is 3.40. The number of thioether (sulfide) groups is 2. The zero-order valence-electron chi connectivity index (χ0n) is 9.44. The lowest BCUT2D eigenvalue weighted by Gasteiger charge is -2.24. The van der Waals surface area contributed by atoms with Crippen LogP contribution in [0, 0.1) is 0 Å². The van der Waals surface area contributed by atoms with Crippen molar-refractivity contribution in [1.29, 1.82) is 0 Å². The molecule has 0 aromatic carbocycles. The molecule has 2 atom stereocenters. The Morgan fingerprint density at radius 1 is 0.941 bits per heavy atom. The number of ether oxygens (including phenoxy) is 1. The maximum atomic E-state index is 11.7. The molecule has 0 amide bonds. The van der Waals surface area contributed by atoms with Crippen LogP contribution >= 0.6 is 23.5 Å². The van der Waals surface area contributed by atoms with E-state index in [1.807, 2.05) is 0 Å². The summed E-state index contributed by atoms with van der Waals surface area (Å²) < 4.78 is 4.90. The van der Waals surface area contributed by atoms with Gasteiger partial charge in [0.25, 0.3) is 0 Å². The Kier molecular flexibility index (Phi) is 5.15. The van der Waals surface area contributed by atoms with Crippen molar-refractivity contribution in [2.45, 2.75) is 12.1 Å². The maximum Gasteiger partial charge on any atom is 0.331 e. The predicted molar refractivity (Wildman–Crippen MR) is 69.3 cm³/mol. The van der Waals surface area contributed by atoms with Crippen molar-refractivity contribution < 1.29 is 14.3 Å². The number of nitrogens with one attached hydrogen (secondary N) is 2. The Morgan fingerprint density at radius 3 is 1.76 bits per heavy atom. The van der Waals surface area contributed by atoms with Gasteiger partial charge in [-0.25, -0.2) is 9.59 Å². The Labute approximate surface area is 109 Å². The number of carbonyl (C=O) groups is 2. The monoisotopic (exact) mass is 276 g/mol. The van der Waals surface area contributed by atoms with Crippen LogP contribution in [0.5, 0.6) is 0 Å². The Morgan fingerprint density at radius 2 is 1.41 bits per heavy atom. The molecule has 2 aliphatic heterocycles. The number of carbonyl (C=O) groups excluding carboxylic acids is 2. The third kappa shape index (κ3) is 3.87. The summed E-state index contributed by atoms with van der Waals surface area (Å²) in [5.74, 6) is 2.47. The van der Waals surface area contributed by atoms with Crippen LogP contribution in [0.2, 0.25) is 0 Å². The maximum absolute atomic E-state index is 11.7. The first-order valence-electron chi connectivity index (χ1n) is 5.65. The van der Waals surface area contributed by atoms with Crippen molar-refractivity contribution in [2.75, 3.05) is 36.1 Å². The minimum atomic E-state index is -0.445. The molecule has 0 spiro atoms. The van der Waals surface area contributed by atoms with Crippen molar-refractivity contribution in [3.63, 3.8) is 0 Å². The zero-order valence-corrected chi connectivity index (χ0v) is 11.1. The van der Waals surface area contributed by atoms with E-state index in [1.165, 1.54) is 0 Å². The van der Waals surface area contributed by atoms with Crippen molar-refractivity contribution in [3.05, 3.63) is 0 Å². The second-order valence-electron chi connectivity index (χ2n) is 3.90. The summed E-state index contributed by atoms with van der Waals surface area (Å²) in [7, 11) is 0. The van der Waals surface area contributed by atoms with E-state index in [9.17, 15) is 9.59 Å². The van der Waals surface area contributed by atoms with Gasteiger partial charge in [0.05, 0.1) is 0 Å². The molecule has 0 radical (unpaired) electrons. The molecule has 2 saturated heterocycles. The zero-order chi connectivity index (χ0) is 12.1. The van der Waals surface area contributed by atoms with Gasteiger partial charge in [-0.15, -0.1) is 0 Å². The topological polar surface area (TPSA) is 67.4 Å². The predicted octanol–water partition coefficient (Wildman–Crippen LogP) is -0.534. The first kappa shape index (κ1) is 13.2. The summed E-state index contributed by atoms with van der Waals surface area (Å²) in [4.78, 5) is 23.4. The molecule has 2 N–H and O–H groups in total. The van der Waals surface area contributed by atoms with Crippen LogP contribution in [0.3, 0.4) is 0 Å². The quantitative estimate of drug-likeness (QED) is 0.519. The van der Waals surface area contributed by atoms with Gasteiger partial charge in [-0.1, -0.05) is 0 Å². The van der Waals surface area contributed by atoms with Gasteiger partial charge >= 0.3 is 11.9 Å². The van der Waals surface area contributed by atoms with Crippen LogP contribution in [0.4, 0.5) is 0 Å². The van der Waals surface area contributed by atoms with Crippen LogP contribution < -0.4 is 10.6 Å². The number of hydrogen-bond donors (Lipinski definition) is 2. The molecule has 0 aromatic heterocycles. The van der Waals surface area contributed by atoms with Gasteiger partial charge in [-0.05, 0) is 0 Å². The summed E-state index contributed by atoms with van der Waals surface area (Å²) in [6.45, 7) is 1.58. The third-order valence-electron chi connectivity index (χ3n) is 2.61. The van der Waals surface area contributed by atoms with Crippen LogP contribution in [-0.4, -0.2) is 60.1 Å². The molecule has 96 valence electrons. The molecule has 2 heterocycles. The fraction of sp³-hybridized carbons (Fsp3) is 0.800. The molecule has 2 aliphatic rings. The van der Waals surface area contributed by atoms with Crippen molar-refractivity contribution in [1.82, 2.24) is 10.6 Å². The first-order chi connectivity index (χ1) is 8.27. The molecule has 2 unspecified atom stereocenters. The fourth-order valence-corrected chi connectivity index (χ4v) is 3.51. The van der Waals surface area contributed by atoms with E-state index < -0.39 is 11.9 Å². The van der Waals surface area contributed by atoms with Gasteiger partial charge in [0.15, 0.2) is 0 Å². The summed E-state index contributed by atoms with van der Waals surface area (Å²) in [6, 6.07) is -0.678. The van der Waals surface area contributed by atoms with Gasteiger partial charge in [0, 0.05) is 36.1 Å². The van der Waals surface area contributed by atoms with E-state index in [1.54, 1.807) is 23.5 Å². The van der Waals surface area contributed by atoms with Crippen LogP contribution in [0.1, 0.15) is 0 Å². The number of rotatable bonds is 2. The Hall–Kier alpha value is -0.240. The average Bonchev–Trinajstić information content (AvgIpc) is 2.40. The molecule has 0 bridgehead atoms. The van der Waals surface area contributed by atoms with Crippen LogP contribution in [0.15, 0.2) is 0 Å². The molecule has 7 heteroatoms. The molecule has 0 saturated carbocycles. The van der Waals surface area contributed by atoms with E-state index in [4.69, 9.17) is 4.74 Å². The highest BCUT2D eigenvalue weighted by atomic mass is 32.2. The van der Waals surface area contributed by atoms with E-state index in [0.717, 1.165) is 24.6 Å². The molecule has 0 aliphatic carbocycles. The van der Waals surface area contributed by atoms with Gasteiger partial charge in [0.2, 0.25) is 0 Å². The van der Waals surface area contributed by atoms with E-state index in [-0.39, 0.29) is 12.1 Å². The Bertz CT molecular complexity index is 261. The lowest BCUT2D eigenvalue weighted by Crippen LogP contribution is -2.49. The second kappa shape index (κ2) is 6.63. The third-order valence-corrected chi connectivity index (χ3v) is 4.74.